The van der Waals surface area contributed by atoms with E-state index in [1.54, 1.807) is 6.33 Å². The van der Waals surface area contributed by atoms with Gasteiger partial charge in [-0.25, -0.2) is 4.98 Å². The van der Waals surface area contributed by atoms with Crippen molar-refractivity contribution < 1.29 is 0 Å². The predicted molar refractivity (Wildman–Crippen MR) is 77.5 cm³/mol. The van der Waals surface area contributed by atoms with Crippen molar-refractivity contribution >= 4 is 5.95 Å². The maximum atomic E-state index is 4.44. The molecule has 2 aromatic heterocycles. The molecule has 0 radical (unpaired) electrons. The molecule has 0 spiro atoms. The fraction of sp³-hybridized carbons (Fsp3) is 0.643. The van der Waals surface area contributed by atoms with Gasteiger partial charge in [-0.1, -0.05) is 19.3 Å². The van der Waals surface area contributed by atoms with Crippen molar-refractivity contribution in [2.45, 2.75) is 44.6 Å². The minimum atomic E-state index is 0.614. The molecule has 2 aromatic rings. The quantitative estimate of drug-likeness (QED) is 0.907. The second-order valence-electron chi connectivity index (χ2n) is 5.48. The summed E-state index contributed by atoms with van der Waals surface area (Å²) in [6.45, 7) is 0.830. The Morgan fingerprint density at radius 2 is 2.15 bits per heavy atom. The van der Waals surface area contributed by atoms with E-state index in [1.165, 1.54) is 32.1 Å². The molecule has 6 heteroatoms. The number of rotatable bonds is 5. The topological polar surface area (TPSA) is 60.6 Å². The number of nitrogens with zero attached hydrogens (tertiary/aromatic N) is 5. The summed E-state index contributed by atoms with van der Waals surface area (Å²) in [7, 11) is 1.97. The monoisotopic (exact) mass is 274 g/mol. The molecule has 108 valence electrons. The van der Waals surface area contributed by atoms with Gasteiger partial charge in [0.15, 0.2) is 0 Å². The van der Waals surface area contributed by atoms with E-state index >= 15 is 0 Å². The lowest BCUT2D eigenvalue weighted by molar-refractivity contribution is 0.356. The average Bonchev–Trinajstić information content (AvgIpc) is 3.10. The molecule has 1 aliphatic rings. The molecule has 1 saturated carbocycles. The zero-order valence-electron chi connectivity index (χ0n) is 12.0. The summed E-state index contributed by atoms with van der Waals surface area (Å²) in [6.07, 6.45) is 13.2. The van der Waals surface area contributed by atoms with Crippen LogP contribution in [0.15, 0.2) is 18.7 Å². The highest BCUT2D eigenvalue weighted by Gasteiger charge is 2.17. The van der Waals surface area contributed by atoms with Crippen molar-refractivity contribution in [3.63, 3.8) is 0 Å². The van der Waals surface area contributed by atoms with E-state index in [4.69, 9.17) is 0 Å². The molecule has 0 amide bonds. The molecule has 20 heavy (non-hydrogen) atoms. The third kappa shape index (κ3) is 2.84. The SMILES string of the molecule is Cn1cnnc1CCNc1nccn1C1CCCCC1. The van der Waals surface area contributed by atoms with Gasteiger partial charge in [0.2, 0.25) is 5.95 Å². The number of nitrogens with one attached hydrogen (secondary N) is 1. The molecule has 0 aromatic carbocycles. The summed E-state index contributed by atoms with van der Waals surface area (Å²) in [5.41, 5.74) is 0. The lowest BCUT2D eigenvalue weighted by atomic mass is 9.95. The number of anilines is 1. The van der Waals surface area contributed by atoms with Gasteiger partial charge in [0.05, 0.1) is 0 Å². The van der Waals surface area contributed by atoms with E-state index < -0.39 is 0 Å². The molecule has 1 fully saturated rings. The first kappa shape index (κ1) is 13.1. The smallest absolute Gasteiger partial charge is 0.203 e. The fourth-order valence-electron chi connectivity index (χ4n) is 2.92. The van der Waals surface area contributed by atoms with Crippen LogP contribution in [0.25, 0.3) is 0 Å². The molecule has 1 N–H and O–H groups in total. The van der Waals surface area contributed by atoms with Gasteiger partial charge in [-0.15, -0.1) is 10.2 Å². The van der Waals surface area contributed by atoms with Gasteiger partial charge in [0.1, 0.15) is 12.2 Å². The van der Waals surface area contributed by atoms with Gasteiger partial charge in [0, 0.05) is 38.4 Å². The molecule has 6 nitrogen and oxygen atoms in total. The van der Waals surface area contributed by atoms with Crippen LogP contribution in [-0.4, -0.2) is 30.9 Å². The average molecular weight is 274 g/mol. The zero-order valence-corrected chi connectivity index (χ0v) is 12.0. The van der Waals surface area contributed by atoms with Crippen molar-refractivity contribution in [1.82, 2.24) is 24.3 Å². The molecular weight excluding hydrogens is 252 g/mol. The van der Waals surface area contributed by atoms with Crippen molar-refractivity contribution in [1.29, 1.82) is 0 Å². The molecule has 0 bridgehead atoms. The van der Waals surface area contributed by atoms with Gasteiger partial charge in [-0.05, 0) is 12.8 Å². The first-order chi connectivity index (χ1) is 9.84. The Morgan fingerprint density at radius 3 is 2.90 bits per heavy atom. The summed E-state index contributed by atoms with van der Waals surface area (Å²) in [6, 6.07) is 0.614. The third-order valence-electron chi connectivity index (χ3n) is 4.07. The normalized spacial score (nSPS) is 16.4. The largest absolute Gasteiger partial charge is 0.355 e. The summed E-state index contributed by atoms with van der Waals surface area (Å²) in [5.74, 6) is 1.98. The summed E-state index contributed by atoms with van der Waals surface area (Å²) >= 11 is 0. The Kier molecular flexibility index (Phi) is 3.99. The van der Waals surface area contributed by atoms with Crippen LogP contribution in [0.5, 0.6) is 0 Å². The molecule has 0 aliphatic heterocycles. The van der Waals surface area contributed by atoms with Crippen LogP contribution >= 0.6 is 0 Å². The van der Waals surface area contributed by atoms with E-state index in [-0.39, 0.29) is 0 Å². The molecular formula is C14H22N6. The van der Waals surface area contributed by atoms with Crippen molar-refractivity contribution in [2.75, 3.05) is 11.9 Å². The van der Waals surface area contributed by atoms with Crippen molar-refractivity contribution in [2.24, 2.45) is 7.05 Å². The maximum absolute atomic E-state index is 4.44. The van der Waals surface area contributed by atoms with E-state index in [0.29, 0.717) is 6.04 Å². The minimum absolute atomic E-state index is 0.614. The van der Waals surface area contributed by atoms with Crippen LogP contribution in [0.1, 0.15) is 44.0 Å². The Morgan fingerprint density at radius 1 is 1.30 bits per heavy atom. The standard InChI is InChI=1S/C14H22N6/c1-19-11-17-18-13(19)7-8-15-14-16-9-10-20(14)12-5-3-2-4-6-12/h9-12H,2-8H2,1H3,(H,15,16). The number of hydrogen-bond donors (Lipinski definition) is 1. The second kappa shape index (κ2) is 6.07. The molecule has 2 heterocycles. The van der Waals surface area contributed by atoms with E-state index in [9.17, 15) is 0 Å². The van der Waals surface area contributed by atoms with Crippen LogP contribution in [0.2, 0.25) is 0 Å². The third-order valence-corrected chi connectivity index (χ3v) is 4.07. The summed E-state index contributed by atoms with van der Waals surface area (Å²) < 4.78 is 4.26. The van der Waals surface area contributed by atoms with Crippen molar-refractivity contribution in [3.05, 3.63) is 24.5 Å². The van der Waals surface area contributed by atoms with Crippen LogP contribution < -0.4 is 5.32 Å². The molecule has 3 rings (SSSR count). The number of imidazole rings is 1. The van der Waals surface area contributed by atoms with Crippen LogP contribution in [-0.2, 0) is 13.5 Å². The number of aryl methyl sites for hydroxylation is 1. The highest BCUT2D eigenvalue weighted by molar-refractivity contribution is 5.27. The van der Waals surface area contributed by atoms with Crippen LogP contribution in [0, 0.1) is 0 Å². The number of aromatic nitrogens is 5. The van der Waals surface area contributed by atoms with Crippen LogP contribution in [0.4, 0.5) is 5.95 Å². The van der Waals surface area contributed by atoms with E-state index in [2.05, 4.69) is 31.3 Å². The van der Waals surface area contributed by atoms with E-state index in [1.807, 2.05) is 17.8 Å². The first-order valence-corrected chi connectivity index (χ1v) is 7.44. The van der Waals surface area contributed by atoms with Gasteiger partial charge >= 0.3 is 0 Å². The van der Waals surface area contributed by atoms with Gasteiger partial charge < -0.3 is 14.5 Å². The Hall–Kier alpha value is -1.85. The second-order valence-corrected chi connectivity index (χ2v) is 5.48. The van der Waals surface area contributed by atoms with Gasteiger partial charge in [0.25, 0.3) is 0 Å². The minimum Gasteiger partial charge on any atom is -0.355 e. The maximum Gasteiger partial charge on any atom is 0.203 e. The van der Waals surface area contributed by atoms with Crippen molar-refractivity contribution in [3.8, 4) is 0 Å². The molecule has 0 saturated heterocycles. The predicted octanol–water partition coefficient (Wildman–Crippen LogP) is 2.17. The number of hydrogen-bond acceptors (Lipinski definition) is 4. The Balaban J connectivity index is 1.58. The Labute approximate surface area is 119 Å². The molecule has 1 aliphatic carbocycles. The summed E-state index contributed by atoms with van der Waals surface area (Å²) in [4.78, 5) is 4.44. The molecule has 0 atom stereocenters. The lowest BCUT2D eigenvalue weighted by Gasteiger charge is -2.24. The van der Waals surface area contributed by atoms with Crippen LogP contribution in [0.3, 0.4) is 0 Å². The van der Waals surface area contributed by atoms with E-state index in [0.717, 1.165) is 24.7 Å². The Bertz CT molecular complexity index is 537. The first-order valence-electron chi connectivity index (χ1n) is 7.44. The lowest BCUT2D eigenvalue weighted by Crippen LogP contribution is -2.17. The highest BCUT2D eigenvalue weighted by Crippen LogP contribution is 2.29. The molecule has 0 unspecified atom stereocenters. The summed E-state index contributed by atoms with van der Waals surface area (Å²) in [5, 5.41) is 11.4. The van der Waals surface area contributed by atoms with Gasteiger partial charge in [-0.3, -0.25) is 0 Å². The zero-order chi connectivity index (χ0) is 13.8. The van der Waals surface area contributed by atoms with Gasteiger partial charge in [-0.2, -0.15) is 0 Å². The highest BCUT2D eigenvalue weighted by atomic mass is 15.3. The fourth-order valence-corrected chi connectivity index (χ4v) is 2.92.